The van der Waals surface area contributed by atoms with Crippen molar-refractivity contribution < 1.29 is 14.7 Å². The van der Waals surface area contributed by atoms with E-state index in [2.05, 4.69) is 18.0 Å². The molecule has 0 aromatic heterocycles. The molecule has 112 valence electrons. The van der Waals surface area contributed by atoms with Gasteiger partial charge >= 0.3 is 5.97 Å². The van der Waals surface area contributed by atoms with E-state index in [-0.39, 0.29) is 18.1 Å². The van der Waals surface area contributed by atoms with Crippen LogP contribution in [-0.2, 0) is 16.0 Å². The lowest BCUT2D eigenvalue weighted by Crippen LogP contribution is -2.38. The van der Waals surface area contributed by atoms with Crippen LogP contribution in [0.25, 0.3) is 0 Å². The minimum absolute atomic E-state index is 0.0322. The van der Waals surface area contributed by atoms with Gasteiger partial charge in [0, 0.05) is 12.3 Å². The molecular weight excluding hydrogens is 266 g/mol. The van der Waals surface area contributed by atoms with E-state index < -0.39 is 12.0 Å². The molecule has 4 nitrogen and oxygen atoms in total. The maximum absolute atomic E-state index is 12.3. The zero-order valence-electron chi connectivity index (χ0n) is 12.3. The van der Waals surface area contributed by atoms with Crippen molar-refractivity contribution in [2.24, 2.45) is 0 Å². The molecule has 1 aromatic rings. The van der Waals surface area contributed by atoms with Crippen molar-refractivity contribution in [2.45, 2.75) is 38.1 Å². The number of rotatable bonds is 7. The lowest BCUT2D eigenvalue weighted by molar-refractivity contribution is -0.140. The van der Waals surface area contributed by atoms with Crippen molar-refractivity contribution in [3.63, 3.8) is 0 Å². The Morgan fingerprint density at radius 2 is 2.14 bits per heavy atom. The molecule has 0 aliphatic heterocycles. The van der Waals surface area contributed by atoms with Gasteiger partial charge in [0.25, 0.3) is 0 Å². The maximum Gasteiger partial charge on any atom is 0.321 e. The van der Waals surface area contributed by atoms with Crippen LogP contribution < -0.4 is 5.32 Å². The zero-order valence-corrected chi connectivity index (χ0v) is 12.3. The number of carboxylic acids is 1. The molecule has 21 heavy (non-hydrogen) atoms. The molecule has 0 amide bonds. The number of aliphatic carboxylic acids is 1. The molecule has 1 aliphatic carbocycles. The van der Waals surface area contributed by atoms with E-state index in [1.807, 2.05) is 25.1 Å². The van der Waals surface area contributed by atoms with Crippen molar-refractivity contribution in [3.8, 4) is 0 Å². The molecule has 0 saturated heterocycles. The van der Waals surface area contributed by atoms with Gasteiger partial charge in [-0.2, -0.15) is 0 Å². The van der Waals surface area contributed by atoms with E-state index in [0.717, 1.165) is 18.4 Å². The lowest BCUT2D eigenvalue weighted by Gasteiger charge is -2.17. The molecule has 2 rings (SSSR count). The maximum atomic E-state index is 12.3. The van der Waals surface area contributed by atoms with Crippen LogP contribution in [0.3, 0.4) is 0 Å². The Labute approximate surface area is 124 Å². The third-order valence-electron chi connectivity index (χ3n) is 4.05. The minimum Gasteiger partial charge on any atom is -0.480 e. The van der Waals surface area contributed by atoms with Crippen molar-refractivity contribution >= 4 is 11.8 Å². The second kappa shape index (κ2) is 6.68. The van der Waals surface area contributed by atoms with E-state index >= 15 is 0 Å². The number of allylic oxidation sites excluding steroid dienone is 1. The van der Waals surface area contributed by atoms with Crippen molar-refractivity contribution in [1.29, 1.82) is 0 Å². The molecule has 0 spiro atoms. The molecule has 2 N–H and O–H groups in total. The van der Waals surface area contributed by atoms with Gasteiger partial charge in [-0.25, -0.2) is 0 Å². The van der Waals surface area contributed by atoms with Gasteiger partial charge in [-0.3, -0.25) is 9.59 Å². The van der Waals surface area contributed by atoms with Crippen LogP contribution in [0.1, 0.15) is 36.8 Å². The van der Waals surface area contributed by atoms with Crippen LogP contribution in [-0.4, -0.2) is 29.4 Å². The van der Waals surface area contributed by atoms with Crippen LogP contribution in [0.4, 0.5) is 0 Å². The minimum atomic E-state index is -0.996. The van der Waals surface area contributed by atoms with E-state index in [1.54, 1.807) is 0 Å². The number of fused-ring (bicyclic) bond motifs is 1. The Morgan fingerprint density at radius 3 is 2.81 bits per heavy atom. The number of carbonyl (C=O) groups excluding carboxylic acids is 1. The molecule has 0 bridgehead atoms. The van der Waals surface area contributed by atoms with Crippen molar-refractivity contribution in [2.75, 3.05) is 6.54 Å². The molecule has 2 atom stereocenters. The predicted molar refractivity (Wildman–Crippen MR) is 81.4 cm³/mol. The van der Waals surface area contributed by atoms with Gasteiger partial charge in [0.2, 0.25) is 0 Å². The number of ketones is 1. The van der Waals surface area contributed by atoms with E-state index in [0.29, 0.717) is 12.1 Å². The number of carboxylic acid groups (broad SMARTS) is 1. The number of benzene rings is 1. The van der Waals surface area contributed by atoms with E-state index in [9.17, 15) is 9.59 Å². The number of carbonyl (C=O) groups is 2. The normalized spacial score (nSPS) is 18.0. The van der Waals surface area contributed by atoms with Crippen molar-refractivity contribution in [1.82, 2.24) is 5.32 Å². The van der Waals surface area contributed by atoms with Gasteiger partial charge in [0.15, 0.2) is 5.78 Å². The number of hydrogen-bond donors (Lipinski definition) is 2. The third kappa shape index (κ3) is 3.39. The molecule has 1 aliphatic rings. The number of nitrogens with one attached hydrogen (secondary N) is 1. The Bertz CT molecular complexity index is 565. The zero-order chi connectivity index (χ0) is 15.4. The summed E-state index contributed by atoms with van der Waals surface area (Å²) in [5, 5.41) is 11.9. The Morgan fingerprint density at radius 1 is 1.43 bits per heavy atom. The number of likely N-dealkylation sites (N-methyl/N-ethyl adjacent to an activating group) is 1. The summed E-state index contributed by atoms with van der Waals surface area (Å²) in [6.07, 6.45) is 1.78. The molecule has 0 saturated carbocycles. The summed E-state index contributed by atoms with van der Waals surface area (Å²) in [5.74, 6) is -1.13. The van der Waals surface area contributed by atoms with Crippen LogP contribution in [0.2, 0.25) is 0 Å². The van der Waals surface area contributed by atoms with Gasteiger partial charge in [-0.05, 0) is 36.1 Å². The standard InChI is InChI=1S/C17H21NO3/c1-3-18-15(17(20)21)10-16(19)11(2)13-9-8-12-6-4-5-7-14(12)13/h4-7,13,15,18H,2-3,8-10H2,1H3,(H,20,21). The first-order valence-electron chi connectivity index (χ1n) is 7.30. The summed E-state index contributed by atoms with van der Waals surface area (Å²) in [4.78, 5) is 23.4. The SMILES string of the molecule is C=C(C(=O)CC(NCC)C(=O)O)C1CCc2ccccc21. The highest BCUT2D eigenvalue weighted by Gasteiger charge is 2.29. The number of aryl methyl sites for hydroxylation is 1. The molecular formula is C17H21NO3. The van der Waals surface area contributed by atoms with Crippen LogP contribution >= 0.6 is 0 Å². The fraction of sp³-hybridized carbons (Fsp3) is 0.412. The molecule has 0 radical (unpaired) electrons. The third-order valence-corrected chi connectivity index (χ3v) is 4.05. The van der Waals surface area contributed by atoms with E-state index in [4.69, 9.17) is 5.11 Å². The first-order valence-corrected chi connectivity index (χ1v) is 7.30. The first kappa shape index (κ1) is 15.4. The Hall–Kier alpha value is -1.94. The predicted octanol–water partition coefficient (Wildman–Crippen LogP) is 2.29. The van der Waals surface area contributed by atoms with Crippen molar-refractivity contribution in [3.05, 3.63) is 47.5 Å². The van der Waals surface area contributed by atoms with Gasteiger partial charge in [-0.15, -0.1) is 0 Å². The highest BCUT2D eigenvalue weighted by molar-refractivity contribution is 5.99. The fourth-order valence-electron chi connectivity index (χ4n) is 2.92. The quantitative estimate of drug-likeness (QED) is 0.755. The summed E-state index contributed by atoms with van der Waals surface area (Å²) >= 11 is 0. The van der Waals surface area contributed by atoms with Gasteiger partial charge in [0.1, 0.15) is 6.04 Å². The molecule has 4 heteroatoms. The average Bonchev–Trinajstić information content (AvgIpc) is 2.89. The second-order valence-corrected chi connectivity index (χ2v) is 5.39. The summed E-state index contributed by atoms with van der Waals surface area (Å²) < 4.78 is 0. The molecule has 0 fully saturated rings. The van der Waals surface area contributed by atoms with Gasteiger partial charge < -0.3 is 10.4 Å². The Balaban J connectivity index is 2.07. The second-order valence-electron chi connectivity index (χ2n) is 5.39. The van der Waals surface area contributed by atoms with Gasteiger partial charge in [-0.1, -0.05) is 37.8 Å². The first-order chi connectivity index (χ1) is 10.0. The Kier molecular flexibility index (Phi) is 4.91. The topological polar surface area (TPSA) is 66.4 Å². The highest BCUT2D eigenvalue weighted by Crippen LogP contribution is 2.38. The van der Waals surface area contributed by atoms with E-state index in [1.165, 1.54) is 5.56 Å². The van der Waals surface area contributed by atoms with Crippen LogP contribution in [0.15, 0.2) is 36.4 Å². The monoisotopic (exact) mass is 287 g/mol. The van der Waals surface area contributed by atoms with Crippen LogP contribution in [0, 0.1) is 0 Å². The van der Waals surface area contributed by atoms with Crippen LogP contribution in [0.5, 0.6) is 0 Å². The number of hydrogen-bond acceptors (Lipinski definition) is 3. The van der Waals surface area contributed by atoms with Gasteiger partial charge in [0.05, 0.1) is 0 Å². The number of Topliss-reactive ketones (excluding diaryl/α,β-unsaturated/α-hetero) is 1. The largest absolute Gasteiger partial charge is 0.480 e. The summed E-state index contributed by atoms with van der Waals surface area (Å²) in [5.41, 5.74) is 2.95. The molecule has 0 heterocycles. The summed E-state index contributed by atoms with van der Waals surface area (Å²) in [7, 11) is 0. The average molecular weight is 287 g/mol. The smallest absolute Gasteiger partial charge is 0.321 e. The summed E-state index contributed by atoms with van der Waals surface area (Å²) in [6.45, 7) is 6.28. The molecule has 1 aromatic carbocycles. The lowest BCUT2D eigenvalue weighted by atomic mass is 9.89. The summed E-state index contributed by atoms with van der Waals surface area (Å²) in [6, 6.07) is 7.23. The highest BCUT2D eigenvalue weighted by atomic mass is 16.4. The molecule has 2 unspecified atom stereocenters. The fourth-order valence-corrected chi connectivity index (χ4v) is 2.92.